The number of pyridine rings is 1. The molecule has 0 radical (unpaired) electrons. The first kappa shape index (κ1) is 40.1. The number of nitrogens with zero attached hydrogens (tertiary/aromatic N) is 3. The molecule has 0 bridgehead atoms. The topological polar surface area (TPSA) is 109 Å². The Labute approximate surface area is 307 Å². The largest absolute Gasteiger partial charge is 0.501 e. The second-order valence-electron chi connectivity index (χ2n) is 13.9. The van der Waals surface area contributed by atoms with Gasteiger partial charge in [-0.05, 0) is 61.6 Å². The molecule has 0 saturated carbocycles. The van der Waals surface area contributed by atoms with Gasteiger partial charge in [-0.25, -0.2) is 0 Å². The standard InChI is InChI=1S/C37H43F6N3O6S/c1-4-7-29-35(52-25-20-30(53-21-25)37(41,42)43,14-6-16-46(29)33(49)32-27(36(38,39)40)8-5-15-44-32)34(50)45-17-13-23(19-24(45)10-12-31(47)48)26-11-9-22(2)18-28(26)51-3/h5,8-9,11,15,20-24,29H,4,6-7,10,12-14,16-19H2,1-3H3,(H,47,48). The Morgan fingerprint density at radius 3 is 2.49 bits per heavy atom. The Morgan fingerprint density at radius 1 is 1.09 bits per heavy atom. The number of aliphatic carboxylic acids is 1. The lowest BCUT2D eigenvalue weighted by Crippen LogP contribution is -2.69. The van der Waals surface area contributed by atoms with Crippen LogP contribution in [0.15, 0.2) is 53.3 Å². The van der Waals surface area contributed by atoms with Crippen molar-refractivity contribution in [2.24, 2.45) is 11.8 Å². The van der Waals surface area contributed by atoms with E-state index in [0.717, 1.165) is 46.0 Å². The minimum absolute atomic E-state index is 0.0585. The van der Waals surface area contributed by atoms with Gasteiger partial charge in [0.2, 0.25) is 5.60 Å². The van der Waals surface area contributed by atoms with Gasteiger partial charge in [-0.15, -0.1) is 11.3 Å². The number of carbonyl (C=O) groups excluding carboxylic acids is 2. The average molecular weight is 772 g/mol. The maximum atomic E-state index is 15.3. The van der Waals surface area contributed by atoms with Crippen LogP contribution in [0, 0.1) is 11.8 Å². The zero-order chi connectivity index (χ0) is 38.7. The van der Waals surface area contributed by atoms with Crippen molar-refractivity contribution in [1.82, 2.24) is 14.8 Å². The lowest BCUT2D eigenvalue weighted by Gasteiger charge is -2.52. The summed E-state index contributed by atoms with van der Waals surface area (Å²) in [6.07, 6.45) is -2.83. The van der Waals surface area contributed by atoms with E-state index in [4.69, 9.17) is 9.47 Å². The van der Waals surface area contributed by atoms with Crippen molar-refractivity contribution < 1.29 is 55.3 Å². The van der Waals surface area contributed by atoms with Crippen LogP contribution in [0.1, 0.15) is 92.6 Å². The van der Waals surface area contributed by atoms with E-state index in [9.17, 15) is 41.0 Å². The van der Waals surface area contributed by atoms with Crippen LogP contribution >= 0.6 is 11.3 Å². The van der Waals surface area contributed by atoms with Crippen molar-refractivity contribution in [3.8, 4) is 5.75 Å². The number of likely N-dealkylation sites (tertiary alicyclic amines) is 2. The molecule has 290 valence electrons. The smallest absolute Gasteiger partial charge is 0.425 e. The Balaban J connectivity index is 1.59. The monoisotopic (exact) mass is 771 g/mol. The molecule has 16 heteroatoms. The molecule has 5 atom stereocenters. The molecule has 3 aliphatic rings. The van der Waals surface area contributed by atoms with Gasteiger partial charge >= 0.3 is 18.3 Å². The van der Waals surface area contributed by atoms with Gasteiger partial charge in [0.05, 0.1) is 24.5 Å². The highest BCUT2D eigenvalue weighted by molar-refractivity contribution is 7.10. The number of piperidine rings is 2. The SMILES string of the molecule is CCCC1N(C(=O)c2ncccc2C(F)(F)F)CCCC1(Oc1csc(C(F)(F)F)c1)C(=O)N1CCC(C2=C(OC)CC(C)C=C2)CC1CCC(=O)O. The summed E-state index contributed by atoms with van der Waals surface area (Å²) >= 11 is 0.366. The number of hydrogen-bond donors (Lipinski definition) is 1. The molecule has 53 heavy (non-hydrogen) atoms. The van der Waals surface area contributed by atoms with Gasteiger partial charge in [-0.2, -0.15) is 26.3 Å². The second-order valence-corrected chi connectivity index (χ2v) is 14.8. The molecule has 2 saturated heterocycles. The summed E-state index contributed by atoms with van der Waals surface area (Å²) in [7, 11) is 1.59. The molecule has 2 amide bonds. The van der Waals surface area contributed by atoms with E-state index in [-0.39, 0.29) is 62.8 Å². The maximum Gasteiger partial charge on any atom is 0.425 e. The minimum Gasteiger partial charge on any atom is -0.501 e. The highest BCUT2D eigenvalue weighted by Crippen LogP contribution is 2.45. The summed E-state index contributed by atoms with van der Waals surface area (Å²) in [4.78, 5) is 46.7. The number of rotatable bonds is 11. The van der Waals surface area contributed by atoms with Crippen LogP contribution in [-0.2, 0) is 26.7 Å². The first-order valence-electron chi connectivity index (χ1n) is 17.7. The fourth-order valence-corrected chi connectivity index (χ4v) is 8.56. The number of allylic oxidation sites excluding steroid dienone is 4. The maximum absolute atomic E-state index is 15.3. The van der Waals surface area contributed by atoms with Gasteiger partial charge in [-0.1, -0.05) is 32.4 Å². The number of thiophene rings is 1. The van der Waals surface area contributed by atoms with Crippen molar-refractivity contribution in [2.75, 3.05) is 20.2 Å². The lowest BCUT2D eigenvalue weighted by molar-refractivity contribution is -0.164. The highest BCUT2D eigenvalue weighted by atomic mass is 32.1. The molecular weight excluding hydrogens is 728 g/mol. The molecule has 2 aliphatic heterocycles. The lowest BCUT2D eigenvalue weighted by atomic mass is 9.76. The van der Waals surface area contributed by atoms with E-state index in [0.29, 0.717) is 37.0 Å². The molecule has 9 nitrogen and oxygen atoms in total. The second kappa shape index (κ2) is 16.1. The molecule has 0 spiro atoms. The predicted molar refractivity (Wildman–Crippen MR) is 183 cm³/mol. The van der Waals surface area contributed by atoms with Gasteiger partial charge in [0.25, 0.3) is 11.8 Å². The Kier molecular flexibility index (Phi) is 12.2. The highest BCUT2D eigenvalue weighted by Gasteiger charge is 2.57. The third-order valence-corrected chi connectivity index (χ3v) is 11.3. The fourth-order valence-electron chi connectivity index (χ4n) is 7.89. The fraction of sp³-hybridized carbons (Fsp3) is 0.568. The average Bonchev–Trinajstić information content (AvgIpc) is 3.59. The summed E-state index contributed by atoms with van der Waals surface area (Å²) < 4.78 is 95.6. The summed E-state index contributed by atoms with van der Waals surface area (Å²) in [6, 6.07) is 0.711. The van der Waals surface area contributed by atoms with Crippen LogP contribution < -0.4 is 4.74 Å². The molecule has 1 N–H and O–H groups in total. The number of carboxylic acids is 1. The normalized spacial score (nSPS) is 25.4. The first-order valence-corrected chi connectivity index (χ1v) is 18.5. The van der Waals surface area contributed by atoms with Gasteiger partial charge in [0.15, 0.2) is 0 Å². The molecule has 2 aromatic rings. The summed E-state index contributed by atoms with van der Waals surface area (Å²) in [5, 5.41) is 10.8. The van der Waals surface area contributed by atoms with Crippen molar-refractivity contribution in [1.29, 1.82) is 0 Å². The molecular formula is C37H43F6N3O6S. The number of hydrogen-bond acceptors (Lipinski definition) is 7. The zero-order valence-corrected chi connectivity index (χ0v) is 30.5. The van der Waals surface area contributed by atoms with Crippen LogP contribution in [0.25, 0.3) is 0 Å². The van der Waals surface area contributed by atoms with Crippen molar-refractivity contribution in [3.05, 3.63) is 69.4 Å². The molecule has 0 aromatic carbocycles. The van der Waals surface area contributed by atoms with Crippen LogP contribution in [0.5, 0.6) is 5.75 Å². The van der Waals surface area contributed by atoms with Crippen molar-refractivity contribution in [2.45, 2.75) is 102 Å². The molecule has 2 aromatic heterocycles. The molecule has 5 rings (SSSR count). The van der Waals surface area contributed by atoms with Crippen molar-refractivity contribution in [3.63, 3.8) is 0 Å². The van der Waals surface area contributed by atoms with Gasteiger partial charge in [0, 0.05) is 56.0 Å². The quantitative estimate of drug-likeness (QED) is 0.229. The summed E-state index contributed by atoms with van der Waals surface area (Å²) in [5.41, 5.74) is -3.19. The zero-order valence-electron chi connectivity index (χ0n) is 29.6. The molecule has 4 heterocycles. The van der Waals surface area contributed by atoms with Gasteiger partial charge in [-0.3, -0.25) is 19.4 Å². The number of alkyl halides is 6. The number of aromatic nitrogens is 1. The van der Waals surface area contributed by atoms with Crippen LogP contribution in [-0.4, -0.2) is 75.6 Å². The number of ether oxygens (including phenoxy) is 2. The Bertz CT molecular complexity index is 1720. The third-order valence-electron chi connectivity index (χ3n) is 10.3. The number of carbonyl (C=O) groups is 3. The summed E-state index contributed by atoms with van der Waals surface area (Å²) in [5.74, 6) is -2.15. The number of methoxy groups -OCH3 is 1. The van der Waals surface area contributed by atoms with Crippen LogP contribution in [0.4, 0.5) is 26.3 Å². The molecule has 5 unspecified atom stereocenters. The Morgan fingerprint density at radius 2 is 1.85 bits per heavy atom. The van der Waals surface area contributed by atoms with Crippen LogP contribution in [0.2, 0.25) is 0 Å². The Hall–Kier alpha value is -4.08. The van der Waals surface area contributed by atoms with Crippen molar-refractivity contribution >= 4 is 29.1 Å². The number of halogens is 6. The predicted octanol–water partition coefficient (Wildman–Crippen LogP) is 8.37. The summed E-state index contributed by atoms with van der Waals surface area (Å²) in [6.45, 7) is 3.88. The van der Waals surface area contributed by atoms with Gasteiger partial charge in [0.1, 0.15) is 16.3 Å². The first-order chi connectivity index (χ1) is 25.0. The van der Waals surface area contributed by atoms with E-state index in [1.54, 1.807) is 14.0 Å². The minimum atomic E-state index is -4.92. The van der Waals surface area contributed by atoms with E-state index in [2.05, 4.69) is 18.0 Å². The molecule has 1 aliphatic carbocycles. The number of carboxylic acid groups (broad SMARTS) is 1. The van der Waals surface area contributed by atoms with Crippen LogP contribution in [0.3, 0.4) is 0 Å². The molecule has 2 fully saturated rings. The van der Waals surface area contributed by atoms with E-state index in [1.807, 2.05) is 6.08 Å². The number of amides is 2. The van der Waals surface area contributed by atoms with E-state index < -0.39 is 64.0 Å². The van der Waals surface area contributed by atoms with Gasteiger partial charge < -0.3 is 24.4 Å². The van der Waals surface area contributed by atoms with E-state index >= 15 is 4.79 Å². The van der Waals surface area contributed by atoms with E-state index in [1.165, 1.54) is 4.90 Å². The third kappa shape index (κ3) is 8.68.